The van der Waals surface area contributed by atoms with Gasteiger partial charge in [-0.1, -0.05) is 42.5 Å². The Kier molecular flexibility index (Phi) is 8.02. The second kappa shape index (κ2) is 12.0. The Morgan fingerprint density at radius 2 is 1.69 bits per heavy atom. The Balaban J connectivity index is 1.26. The highest BCUT2D eigenvalue weighted by Crippen LogP contribution is 2.24. The number of likely N-dealkylation sites (N-methyl/N-ethyl adjacent to an activating group) is 1. The van der Waals surface area contributed by atoms with E-state index in [2.05, 4.69) is 48.0 Å². The van der Waals surface area contributed by atoms with Crippen molar-refractivity contribution < 1.29 is 4.79 Å². The number of anilines is 5. The average molecular weight is 526 g/mol. The Bertz CT molecular complexity index is 1380. The van der Waals surface area contributed by atoms with Crippen molar-refractivity contribution in [3.63, 3.8) is 0 Å². The van der Waals surface area contributed by atoms with Gasteiger partial charge >= 0.3 is 0 Å². The van der Waals surface area contributed by atoms with E-state index in [9.17, 15) is 4.79 Å². The van der Waals surface area contributed by atoms with Gasteiger partial charge in [0.1, 0.15) is 11.6 Å². The van der Waals surface area contributed by atoms with Gasteiger partial charge in [0.15, 0.2) is 5.82 Å². The zero-order chi connectivity index (χ0) is 27.2. The Morgan fingerprint density at radius 1 is 0.949 bits per heavy atom. The van der Waals surface area contributed by atoms with Crippen molar-refractivity contribution in [3.05, 3.63) is 83.6 Å². The number of rotatable bonds is 9. The SMILES string of the molecule is Cc1cc(Nc2cc(N3CCN(C)CC3)nc(Nc3ccc(CC(=O)N[C@@H](C)c4ccccc4)cc3)n2)n[nH]1. The number of piperazine rings is 1. The van der Waals surface area contributed by atoms with E-state index in [1.165, 1.54) is 0 Å². The molecule has 1 saturated heterocycles. The normalized spacial score (nSPS) is 14.6. The molecule has 10 heteroatoms. The minimum absolute atomic E-state index is 0.0143. The summed E-state index contributed by atoms with van der Waals surface area (Å²) in [6.45, 7) is 7.70. The number of aryl methyl sites for hydroxylation is 1. The summed E-state index contributed by atoms with van der Waals surface area (Å²) in [4.78, 5) is 26.7. The summed E-state index contributed by atoms with van der Waals surface area (Å²) >= 11 is 0. The zero-order valence-corrected chi connectivity index (χ0v) is 22.6. The summed E-state index contributed by atoms with van der Waals surface area (Å²) in [6.07, 6.45) is 0.310. The summed E-state index contributed by atoms with van der Waals surface area (Å²) in [7, 11) is 2.13. The lowest BCUT2D eigenvalue weighted by atomic mass is 10.1. The van der Waals surface area contributed by atoms with Crippen molar-refractivity contribution in [1.29, 1.82) is 0 Å². The molecule has 39 heavy (non-hydrogen) atoms. The predicted octanol–water partition coefficient (Wildman–Crippen LogP) is 4.17. The monoisotopic (exact) mass is 525 g/mol. The van der Waals surface area contributed by atoms with Gasteiger partial charge in [0.2, 0.25) is 11.9 Å². The first kappa shape index (κ1) is 26.2. The third-order valence-electron chi connectivity index (χ3n) is 6.75. The van der Waals surface area contributed by atoms with E-state index in [0.29, 0.717) is 24.0 Å². The van der Waals surface area contributed by atoms with Gasteiger partial charge < -0.3 is 25.8 Å². The topological polar surface area (TPSA) is 114 Å². The Hall–Kier alpha value is -4.44. The molecule has 0 radical (unpaired) electrons. The molecule has 1 atom stereocenters. The summed E-state index contributed by atoms with van der Waals surface area (Å²) in [5, 5.41) is 16.9. The summed E-state index contributed by atoms with van der Waals surface area (Å²) in [5.41, 5.74) is 3.82. The summed E-state index contributed by atoms with van der Waals surface area (Å²) < 4.78 is 0. The molecule has 10 nitrogen and oxygen atoms in total. The molecule has 1 aliphatic rings. The molecule has 4 N–H and O–H groups in total. The average Bonchev–Trinajstić information content (AvgIpc) is 3.34. The highest BCUT2D eigenvalue weighted by molar-refractivity contribution is 5.79. The van der Waals surface area contributed by atoms with Gasteiger partial charge in [-0.15, -0.1) is 0 Å². The van der Waals surface area contributed by atoms with Crippen molar-refractivity contribution in [2.75, 3.05) is 48.8 Å². The molecule has 202 valence electrons. The van der Waals surface area contributed by atoms with Gasteiger partial charge in [-0.3, -0.25) is 9.89 Å². The molecule has 0 aliphatic carbocycles. The van der Waals surface area contributed by atoms with Crippen LogP contribution in [0.1, 0.15) is 29.8 Å². The van der Waals surface area contributed by atoms with Crippen LogP contribution in [0.2, 0.25) is 0 Å². The van der Waals surface area contributed by atoms with E-state index in [1.54, 1.807) is 0 Å². The second-order valence-electron chi connectivity index (χ2n) is 9.99. The molecule has 0 spiro atoms. The number of nitrogens with zero attached hydrogens (tertiary/aromatic N) is 5. The van der Waals surface area contributed by atoms with Crippen LogP contribution in [-0.2, 0) is 11.2 Å². The van der Waals surface area contributed by atoms with E-state index < -0.39 is 0 Å². The number of H-pyrrole nitrogens is 1. The Labute approximate surface area is 228 Å². The van der Waals surface area contributed by atoms with Crippen LogP contribution in [0.25, 0.3) is 0 Å². The predicted molar refractivity (Wildman–Crippen MR) is 155 cm³/mol. The molecular weight excluding hydrogens is 490 g/mol. The molecule has 3 heterocycles. The first-order chi connectivity index (χ1) is 18.9. The molecule has 0 unspecified atom stereocenters. The standard InChI is InChI=1S/C29H35N9O/c1-20-17-26(36-35-20)32-25-19-27(38-15-13-37(3)14-16-38)34-29(33-25)31-24-11-9-22(10-12-24)18-28(39)30-21(2)23-7-5-4-6-8-23/h4-12,17,19,21H,13-16,18H2,1-3H3,(H,30,39)(H3,31,32,33,34,35,36)/t21-/m0/s1. The molecule has 1 aliphatic heterocycles. The maximum atomic E-state index is 12.6. The van der Waals surface area contributed by atoms with Crippen LogP contribution in [0.15, 0.2) is 66.7 Å². The number of nitrogens with one attached hydrogen (secondary N) is 4. The van der Waals surface area contributed by atoms with E-state index in [0.717, 1.165) is 54.5 Å². The summed E-state index contributed by atoms with van der Waals surface area (Å²) in [6, 6.07) is 21.6. The highest BCUT2D eigenvalue weighted by Gasteiger charge is 2.18. The number of amides is 1. The van der Waals surface area contributed by atoms with Gasteiger partial charge in [0.25, 0.3) is 0 Å². The van der Waals surface area contributed by atoms with E-state index >= 15 is 0 Å². The first-order valence-electron chi connectivity index (χ1n) is 13.2. The third-order valence-corrected chi connectivity index (χ3v) is 6.75. The minimum Gasteiger partial charge on any atom is -0.354 e. The number of carbonyl (C=O) groups excluding carboxylic acids is 1. The van der Waals surface area contributed by atoms with Crippen LogP contribution in [0.5, 0.6) is 0 Å². The number of hydrogen-bond acceptors (Lipinski definition) is 8. The number of benzene rings is 2. The molecular formula is C29H35N9O. The van der Waals surface area contributed by atoms with Crippen LogP contribution in [0.3, 0.4) is 0 Å². The van der Waals surface area contributed by atoms with Crippen LogP contribution < -0.4 is 20.9 Å². The lowest BCUT2D eigenvalue weighted by Crippen LogP contribution is -2.44. The van der Waals surface area contributed by atoms with Crippen LogP contribution >= 0.6 is 0 Å². The number of hydrogen-bond donors (Lipinski definition) is 4. The van der Waals surface area contributed by atoms with E-state index in [-0.39, 0.29) is 11.9 Å². The molecule has 1 fully saturated rings. The minimum atomic E-state index is -0.0439. The molecule has 1 amide bonds. The largest absolute Gasteiger partial charge is 0.354 e. The number of carbonyl (C=O) groups is 1. The van der Waals surface area contributed by atoms with Crippen molar-refractivity contribution in [2.45, 2.75) is 26.3 Å². The molecule has 0 bridgehead atoms. The van der Waals surface area contributed by atoms with Gasteiger partial charge in [0, 0.05) is 49.7 Å². The van der Waals surface area contributed by atoms with Gasteiger partial charge in [-0.2, -0.15) is 15.1 Å². The molecule has 4 aromatic rings. The summed E-state index contributed by atoms with van der Waals surface area (Å²) in [5.74, 6) is 2.69. The van der Waals surface area contributed by atoms with E-state index in [4.69, 9.17) is 4.98 Å². The number of aromatic nitrogens is 4. The molecule has 2 aromatic heterocycles. The van der Waals surface area contributed by atoms with Gasteiger partial charge in [-0.05, 0) is 44.2 Å². The molecule has 2 aromatic carbocycles. The second-order valence-corrected chi connectivity index (χ2v) is 9.99. The van der Waals surface area contributed by atoms with Crippen LogP contribution in [0, 0.1) is 6.92 Å². The van der Waals surface area contributed by atoms with Crippen molar-refractivity contribution in [3.8, 4) is 0 Å². The fraction of sp³-hybridized carbons (Fsp3) is 0.310. The van der Waals surface area contributed by atoms with Crippen molar-refractivity contribution >= 4 is 35.0 Å². The fourth-order valence-corrected chi connectivity index (χ4v) is 4.50. The smallest absolute Gasteiger partial charge is 0.231 e. The Morgan fingerprint density at radius 3 is 2.38 bits per heavy atom. The van der Waals surface area contributed by atoms with Gasteiger partial charge in [-0.25, -0.2) is 0 Å². The number of aromatic amines is 1. The highest BCUT2D eigenvalue weighted by atomic mass is 16.1. The van der Waals surface area contributed by atoms with E-state index in [1.807, 2.05) is 80.6 Å². The lowest BCUT2D eigenvalue weighted by Gasteiger charge is -2.33. The maximum Gasteiger partial charge on any atom is 0.231 e. The fourth-order valence-electron chi connectivity index (χ4n) is 4.50. The first-order valence-corrected chi connectivity index (χ1v) is 13.2. The maximum absolute atomic E-state index is 12.6. The van der Waals surface area contributed by atoms with Crippen LogP contribution in [0.4, 0.5) is 29.1 Å². The van der Waals surface area contributed by atoms with Crippen molar-refractivity contribution in [2.24, 2.45) is 0 Å². The lowest BCUT2D eigenvalue weighted by molar-refractivity contribution is -0.121. The quantitative estimate of drug-likeness (QED) is 0.258. The zero-order valence-electron chi connectivity index (χ0n) is 22.6. The van der Waals surface area contributed by atoms with Crippen molar-refractivity contribution in [1.82, 2.24) is 30.4 Å². The molecule has 5 rings (SSSR count). The van der Waals surface area contributed by atoms with Gasteiger partial charge in [0.05, 0.1) is 12.5 Å². The van der Waals surface area contributed by atoms with Crippen LogP contribution in [-0.4, -0.2) is 64.2 Å². The third kappa shape index (κ3) is 7.11. The molecule has 0 saturated carbocycles.